The number of hydrogen-bond donors (Lipinski definition) is 1. The molecular weight excluding hydrogens is 324 g/mol. The fourth-order valence-electron chi connectivity index (χ4n) is 2.50. The smallest absolute Gasteiger partial charge is 0.409 e. The average molecular weight is 353 g/mol. The molecule has 0 bridgehead atoms. The van der Waals surface area contributed by atoms with Gasteiger partial charge in [0.2, 0.25) is 0 Å². The molecule has 0 radical (unpaired) electrons. The fourth-order valence-corrected chi connectivity index (χ4v) is 2.68. The average Bonchev–Trinajstić information content (AvgIpc) is 3.40. The van der Waals surface area contributed by atoms with Gasteiger partial charge in [0, 0.05) is 30.7 Å². The predicted octanol–water partition coefficient (Wildman–Crippen LogP) is 4.39. The Morgan fingerprint density at radius 2 is 2.17 bits per heavy atom. The Kier molecular flexibility index (Phi) is 7.86. The van der Waals surface area contributed by atoms with Crippen molar-refractivity contribution in [2.75, 3.05) is 19.7 Å². The largest absolute Gasteiger partial charge is 0.449 e. The molecule has 0 heterocycles. The minimum Gasteiger partial charge on any atom is -0.449 e. The Bertz CT molecular complexity index is 532. The standard InChI is InChI=1S/C19H29ClN2O2/c1-3-5-12-24-19(23)22(4-2)11-10-15-6-9-18(20)16(13-15)14-21-17-7-8-17/h6,9,13,17,21H,3-5,7-8,10-12,14H2,1-2H3. The van der Waals surface area contributed by atoms with Crippen molar-refractivity contribution in [1.29, 1.82) is 0 Å². The number of amides is 1. The molecule has 0 aromatic heterocycles. The number of rotatable bonds is 10. The van der Waals surface area contributed by atoms with Crippen LogP contribution in [0.4, 0.5) is 4.79 Å². The molecule has 1 amide bonds. The van der Waals surface area contributed by atoms with E-state index in [-0.39, 0.29) is 6.09 Å². The van der Waals surface area contributed by atoms with Crippen molar-refractivity contribution in [2.24, 2.45) is 0 Å². The van der Waals surface area contributed by atoms with Crippen LogP contribution in [0, 0.1) is 0 Å². The molecule has 24 heavy (non-hydrogen) atoms. The Hall–Kier alpha value is -1.26. The van der Waals surface area contributed by atoms with E-state index in [1.807, 2.05) is 19.1 Å². The van der Waals surface area contributed by atoms with E-state index in [9.17, 15) is 4.79 Å². The van der Waals surface area contributed by atoms with Gasteiger partial charge >= 0.3 is 6.09 Å². The number of nitrogens with zero attached hydrogens (tertiary/aromatic N) is 1. The highest BCUT2D eigenvalue weighted by atomic mass is 35.5. The molecule has 1 aromatic carbocycles. The maximum atomic E-state index is 12.0. The molecule has 5 heteroatoms. The number of benzene rings is 1. The molecule has 1 N–H and O–H groups in total. The number of unbranched alkanes of at least 4 members (excludes halogenated alkanes) is 1. The van der Waals surface area contributed by atoms with Crippen LogP contribution in [0.15, 0.2) is 18.2 Å². The SMILES string of the molecule is CCCCOC(=O)N(CC)CCc1ccc(Cl)c(CNC2CC2)c1. The number of nitrogens with one attached hydrogen (secondary N) is 1. The summed E-state index contributed by atoms with van der Waals surface area (Å²) in [5.74, 6) is 0. The second-order valence-corrected chi connectivity index (χ2v) is 6.79. The first-order valence-electron chi connectivity index (χ1n) is 9.06. The molecule has 0 atom stereocenters. The maximum absolute atomic E-state index is 12.0. The summed E-state index contributed by atoms with van der Waals surface area (Å²) in [6, 6.07) is 6.81. The molecule has 0 saturated heterocycles. The van der Waals surface area contributed by atoms with Crippen molar-refractivity contribution in [2.45, 2.75) is 58.5 Å². The minimum absolute atomic E-state index is 0.212. The van der Waals surface area contributed by atoms with E-state index in [4.69, 9.17) is 16.3 Å². The van der Waals surface area contributed by atoms with Crippen molar-refractivity contribution >= 4 is 17.7 Å². The molecular formula is C19H29ClN2O2. The lowest BCUT2D eigenvalue weighted by Gasteiger charge is -2.20. The Labute approximate surface area is 150 Å². The summed E-state index contributed by atoms with van der Waals surface area (Å²) in [5.41, 5.74) is 2.33. The zero-order valence-electron chi connectivity index (χ0n) is 14.8. The normalized spacial score (nSPS) is 13.8. The molecule has 1 aromatic rings. The summed E-state index contributed by atoms with van der Waals surface area (Å²) >= 11 is 6.29. The third kappa shape index (κ3) is 6.33. The molecule has 2 rings (SSSR count). The summed E-state index contributed by atoms with van der Waals surface area (Å²) in [5, 5.41) is 4.30. The third-order valence-electron chi connectivity index (χ3n) is 4.30. The summed E-state index contributed by atoms with van der Waals surface area (Å²) in [6.45, 7) is 6.71. The highest BCUT2D eigenvalue weighted by Gasteiger charge is 2.20. The van der Waals surface area contributed by atoms with Gasteiger partial charge in [0.25, 0.3) is 0 Å². The van der Waals surface area contributed by atoms with Gasteiger partial charge in [-0.25, -0.2) is 4.79 Å². The van der Waals surface area contributed by atoms with Gasteiger partial charge in [0.1, 0.15) is 0 Å². The molecule has 0 spiro atoms. The Morgan fingerprint density at radius 1 is 1.38 bits per heavy atom. The lowest BCUT2D eigenvalue weighted by molar-refractivity contribution is 0.103. The van der Waals surface area contributed by atoms with Crippen LogP contribution in [-0.4, -0.2) is 36.7 Å². The van der Waals surface area contributed by atoms with Crippen LogP contribution in [0.2, 0.25) is 5.02 Å². The molecule has 1 aliphatic rings. The lowest BCUT2D eigenvalue weighted by Crippen LogP contribution is -2.33. The summed E-state index contributed by atoms with van der Waals surface area (Å²) in [6.07, 6.45) is 5.08. The van der Waals surface area contributed by atoms with Gasteiger partial charge in [0.15, 0.2) is 0 Å². The topological polar surface area (TPSA) is 41.6 Å². The van der Waals surface area contributed by atoms with Gasteiger partial charge in [-0.05, 0) is 49.8 Å². The number of likely N-dealkylation sites (N-methyl/N-ethyl adjacent to an activating group) is 1. The first-order chi connectivity index (χ1) is 11.6. The fraction of sp³-hybridized carbons (Fsp3) is 0.632. The zero-order chi connectivity index (χ0) is 17.4. The number of carbonyl (C=O) groups is 1. The number of hydrogen-bond acceptors (Lipinski definition) is 3. The first-order valence-corrected chi connectivity index (χ1v) is 9.44. The van der Waals surface area contributed by atoms with Gasteiger partial charge in [-0.1, -0.05) is 37.1 Å². The van der Waals surface area contributed by atoms with Crippen LogP contribution >= 0.6 is 11.6 Å². The van der Waals surface area contributed by atoms with Crippen molar-refractivity contribution in [1.82, 2.24) is 10.2 Å². The van der Waals surface area contributed by atoms with E-state index in [0.29, 0.717) is 25.7 Å². The zero-order valence-corrected chi connectivity index (χ0v) is 15.6. The van der Waals surface area contributed by atoms with Crippen LogP contribution in [-0.2, 0) is 17.7 Å². The molecule has 1 aliphatic carbocycles. The lowest BCUT2D eigenvalue weighted by atomic mass is 10.1. The minimum atomic E-state index is -0.212. The second-order valence-electron chi connectivity index (χ2n) is 6.38. The van der Waals surface area contributed by atoms with Crippen molar-refractivity contribution < 1.29 is 9.53 Å². The summed E-state index contributed by atoms with van der Waals surface area (Å²) in [4.78, 5) is 13.8. The van der Waals surface area contributed by atoms with E-state index in [1.165, 1.54) is 18.4 Å². The van der Waals surface area contributed by atoms with E-state index in [0.717, 1.165) is 36.4 Å². The van der Waals surface area contributed by atoms with Crippen molar-refractivity contribution in [3.63, 3.8) is 0 Å². The van der Waals surface area contributed by atoms with Crippen LogP contribution in [0.25, 0.3) is 0 Å². The van der Waals surface area contributed by atoms with Crippen LogP contribution in [0.5, 0.6) is 0 Å². The van der Waals surface area contributed by atoms with E-state index in [1.54, 1.807) is 4.90 Å². The molecule has 0 unspecified atom stereocenters. The highest BCUT2D eigenvalue weighted by molar-refractivity contribution is 6.31. The molecule has 4 nitrogen and oxygen atoms in total. The van der Waals surface area contributed by atoms with Crippen molar-refractivity contribution in [3.05, 3.63) is 34.3 Å². The van der Waals surface area contributed by atoms with Crippen LogP contribution in [0.1, 0.15) is 50.7 Å². The summed E-state index contributed by atoms with van der Waals surface area (Å²) in [7, 11) is 0. The van der Waals surface area contributed by atoms with Gasteiger partial charge < -0.3 is 15.0 Å². The van der Waals surface area contributed by atoms with E-state index >= 15 is 0 Å². The number of carbonyl (C=O) groups excluding carboxylic acids is 1. The van der Waals surface area contributed by atoms with Gasteiger partial charge in [0.05, 0.1) is 6.61 Å². The number of ether oxygens (including phenoxy) is 1. The second kappa shape index (κ2) is 9.90. The van der Waals surface area contributed by atoms with Gasteiger partial charge in [-0.15, -0.1) is 0 Å². The Balaban J connectivity index is 1.84. The predicted molar refractivity (Wildman–Crippen MR) is 98.5 cm³/mol. The van der Waals surface area contributed by atoms with Gasteiger partial charge in [-0.2, -0.15) is 0 Å². The van der Waals surface area contributed by atoms with E-state index in [2.05, 4.69) is 18.3 Å². The third-order valence-corrected chi connectivity index (χ3v) is 4.67. The van der Waals surface area contributed by atoms with Crippen LogP contribution in [0.3, 0.4) is 0 Å². The first kappa shape index (κ1) is 19.1. The molecule has 1 saturated carbocycles. The Morgan fingerprint density at radius 3 is 2.83 bits per heavy atom. The molecule has 1 fully saturated rings. The van der Waals surface area contributed by atoms with Crippen LogP contribution < -0.4 is 5.32 Å². The number of halogens is 1. The quantitative estimate of drug-likeness (QED) is 0.635. The highest BCUT2D eigenvalue weighted by Crippen LogP contribution is 2.22. The van der Waals surface area contributed by atoms with Crippen molar-refractivity contribution in [3.8, 4) is 0 Å². The maximum Gasteiger partial charge on any atom is 0.409 e. The molecule has 0 aliphatic heterocycles. The molecule has 134 valence electrons. The monoisotopic (exact) mass is 352 g/mol. The van der Waals surface area contributed by atoms with Gasteiger partial charge in [-0.3, -0.25) is 0 Å². The van der Waals surface area contributed by atoms with E-state index < -0.39 is 0 Å². The summed E-state index contributed by atoms with van der Waals surface area (Å²) < 4.78 is 5.29.